The number of benzene rings is 3. The van der Waals surface area contributed by atoms with Crippen molar-refractivity contribution in [3.05, 3.63) is 93.5 Å². The number of aryl methyl sites for hydroxylation is 2. The highest BCUT2D eigenvalue weighted by Gasteiger charge is 2.34. The van der Waals surface area contributed by atoms with Crippen LogP contribution in [0.15, 0.2) is 71.6 Å². The molecule has 0 heterocycles. The molecule has 1 saturated carbocycles. The van der Waals surface area contributed by atoms with Gasteiger partial charge in [0.05, 0.1) is 10.6 Å². The standard InChI is InChI=1S/C33H39Cl2N3O4S/c1-4-31(33(40)36-28-8-6-5-7-9-28)37(21-25-11-13-26(34)14-12-25)32(39)22-38(29-17-10-23(2)24(3)20-29)43(41,42)30-18-15-27(35)16-19-30/h10-20,28,31H,4-9,21-22H2,1-3H3,(H,36,40). The van der Waals surface area contributed by atoms with E-state index in [1.165, 1.54) is 29.2 Å². The van der Waals surface area contributed by atoms with Crippen molar-refractivity contribution in [2.75, 3.05) is 10.8 Å². The molecule has 1 aliphatic carbocycles. The molecule has 10 heteroatoms. The first kappa shape index (κ1) is 32.8. The summed E-state index contributed by atoms with van der Waals surface area (Å²) >= 11 is 12.2. The Morgan fingerprint density at radius 2 is 1.49 bits per heavy atom. The molecule has 7 nitrogen and oxygen atoms in total. The second-order valence-corrected chi connectivity index (χ2v) is 13.9. The molecule has 1 unspecified atom stereocenters. The third kappa shape index (κ3) is 8.31. The average molecular weight is 645 g/mol. The Morgan fingerprint density at radius 1 is 0.884 bits per heavy atom. The van der Waals surface area contributed by atoms with Gasteiger partial charge in [-0.3, -0.25) is 13.9 Å². The van der Waals surface area contributed by atoms with Crippen molar-refractivity contribution in [1.29, 1.82) is 0 Å². The number of nitrogens with zero attached hydrogens (tertiary/aromatic N) is 2. The molecule has 3 aromatic carbocycles. The summed E-state index contributed by atoms with van der Waals surface area (Å²) in [6, 6.07) is 17.5. The van der Waals surface area contributed by atoms with E-state index in [2.05, 4.69) is 5.32 Å². The number of carbonyl (C=O) groups is 2. The molecule has 1 atom stereocenters. The monoisotopic (exact) mass is 643 g/mol. The van der Waals surface area contributed by atoms with E-state index in [1.807, 2.05) is 26.8 Å². The van der Waals surface area contributed by atoms with Crippen LogP contribution in [0.5, 0.6) is 0 Å². The predicted octanol–water partition coefficient (Wildman–Crippen LogP) is 7.06. The Hall–Kier alpha value is -3.07. The number of hydrogen-bond acceptors (Lipinski definition) is 4. The maximum absolute atomic E-state index is 14.3. The predicted molar refractivity (Wildman–Crippen MR) is 173 cm³/mol. The van der Waals surface area contributed by atoms with Crippen molar-refractivity contribution in [1.82, 2.24) is 10.2 Å². The number of carbonyl (C=O) groups excluding carboxylic acids is 2. The highest BCUT2D eigenvalue weighted by atomic mass is 35.5. The fourth-order valence-electron chi connectivity index (χ4n) is 5.39. The Balaban J connectivity index is 1.72. The van der Waals surface area contributed by atoms with Gasteiger partial charge >= 0.3 is 0 Å². The zero-order chi connectivity index (χ0) is 31.1. The Labute approximate surface area is 265 Å². The highest BCUT2D eigenvalue weighted by Crippen LogP contribution is 2.28. The molecule has 0 aliphatic heterocycles. The van der Waals surface area contributed by atoms with Crippen LogP contribution in [0.1, 0.15) is 62.1 Å². The van der Waals surface area contributed by atoms with Crippen LogP contribution >= 0.6 is 23.2 Å². The van der Waals surface area contributed by atoms with E-state index in [-0.39, 0.29) is 23.4 Å². The number of amides is 2. The maximum Gasteiger partial charge on any atom is 0.264 e. The number of sulfonamides is 1. The van der Waals surface area contributed by atoms with Gasteiger partial charge in [0, 0.05) is 22.6 Å². The third-order valence-corrected chi connectivity index (χ3v) is 10.4. The van der Waals surface area contributed by atoms with E-state index in [0.29, 0.717) is 22.2 Å². The molecular formula is C33H39Cl2N3O4S. The van der Waals surface area contributed by atoms with E-state index < -0.39 is 28.5 Å². The van der Waals surface area contributed by atoms with Crippen molar-refractivity contribution in [2.24, 2.45) is 0 Å². The Morgan fingerprint density at radius 3 is 2.07 bits per heavy atom. The molecule has 1 N–H and O–H groups in total. The average Bonchev–Trinajstić information content (AvgIpc) is 2.99. The summed E-state index contributed by atoms with van der Waals surface area (Å²) in [5.74, 6) is -0.716. The lowest BCUT2D eigenvalue weighted by Gasteiger charge is -2.34. The topological polar surface area (TPSA) is 86.8 Å². The molecular weight excluding hydrogens is 605 g/mol. The minimum absolute atomic E-state index is 0.00858. The summed E-state index contributed by atoms with van der Waals surface area (Å²) in [7, 11) is -4.17. The van der Waals surface area contributed by atoms with Crippen LogP contribution in [0.2, 0.25) is 10.0 Å². The van der Waals surface area contributed by atoms with E-state index in [0.717, 1.165) is 53.1 Å². The molecule has 0 radical (unpaired) electrons. The van der Waals surface area contributed by atoms with Crippen molar-refractivity contribution in [3.63, 3.8) is 0 Å². The molecule has 2 amide bonds. The lowest BCUT2D eigenvalue weighted by atomic mass is 9.95. The Kier molecular flexibility index (Phi) is 11.2. The fourth-order valence-corrected chi connectivity index (χ4v) is 7.05. The number of nitrogens with one attached hydrogen (secondary N) is 1. The summed E-state index contributed by atoms with van der Waals surface area (Å²) in [5, 5.41) is 4.12. The van der Waals surface area contributed by atoms with Crippen LogP contribution < -0.4 is 9.62 Å². The van der Waals surface area contributed by atoms with Crippen molar-refractivity contribution in [3.8, 4) is 0 Å². The maximum atomic E-state index is 14.3. The van der Waals surface area contributed by atoms with Crippen LogP contribution in [-0.2, 0) is 26.2 Å². The first-order valence-corrected chi connectivity index (χ1v) is 16.9. The molecule has 0 aromatic heterocycles. The molecule has 3 aromatic rings. The summed E-state index contributed by atoms with van der Waals surface area (Å²) in [4.78, 5) is 29.4. The second-order valence-electron chi connectivity index (χ2n) is 11.1. The van der Waals surface area contributed by atoms with Gasteiger partial charge in [0.15, 0.2) is 0 Å². The van der Waals surface area contributed by atoms with Crippen LogP contribution in [0.25, 0.3) is 0 Å². The van der Waals surface area contributed by atoms with E-state index in [4.69, 9.17) is 23.2 Å². The molecule has 1 aliphatic rings. The number of anilines is 1. The van der Waals surface area contributed by atoms with Crippen LogP contribution in [0, 0.1) is 13.8 Å². The lowest BCUT2D eigenvalue weighted by molar-refractivity contribution is -0.140. The van der Waals surface area contributed by atoms with Gasteiger partial charge in [-0.2, -0.15) is 0 Å². The van der Waals surface area contributed by atoms with Gasteiger partial charge in [0.2, 0.25) is 11.8 Å². The van der Waals surface area contributed by atoms with Crippen LogP contribution in [0.3, 0.4) is 0 Å². The van der Waals surface area contributed by atoms with Gasteiger partial charge in [-0.05, 0) is 98.3 Å². The highest BCUT2D eigenvalue weighted by molar-refractivity contribution is 7.92. The van der Waals surface area contributed by atoms with E-state index in [9.17, 15) is 18.0 Å². The number of rotatable bonds is 11. The lowest BCUT2D eigenvalue weighted by Crippen LogP contribution is -2.54. The van der Waals surface area contributed by atoms with Gasteiger partial charge in [-0.25, -0.2) is 8.42 Å². The molecule has 43 heavy (non-hydrogen) atoms. The van der Waals surface area contributed by atoms with Crippen LogP contribution in [0.4, 0.5) is 5.69 Å². The minimum atomic E-state index is -4.17. The summed E-state index contributed by atoms with van der Waals surface area (Å²) in [5.41, 5.74) is 3.02. The van der Waals surface area contributed by atoms with Crippen molar-refractivity contribution in [2.45, 2.75) is 82.8 Å². The molecule has 0 saturated heterocycles. The number of halogens is 2. The molecule has 0 bridgehead atoms. The molecule has 1 fully saturated rings. The van der Waals surface area contributed by atoms with Gasteiger partial charge in [0.25, 0.3) is 10.0 Å². The SMILES string of the molecule is CCC(C(=O)NC1CCCCC1)N(Cc1ccc(Cl)cc1)C(=O)CN(c1ccc(C)c(C)c1)S(=O)(=O)c1ccc(Cl)cc1. The van der Waals surface area contributed by atoms with Crippen LogP contribution in [-0.4, -0.2) is 43.8 Å². The van der Waals surface area contributed by atoms with Crippen molar-refractivity contribution < 1.29 is 18.0 Å². The normalized spacial score (nSPS) is 14.6. The summed E-state index contributed by atoms with van der Waals surface area (Å²) in [6.45, 7) is 5.32. The zero-order valence-corrected chi connectivity index (χ0v) is 27.2. The Bertz CT molecular complexity index is 1520. The van der Waals surface area contributed by atoms with Gasteiger partial charge < -0.3 is 10.2 Å². The van der Waals surface area contributed by atoms with Crippen molar-refractivity contribution >= 4 is 50.7 Å². The van der Waals surface area contributed by atoms with Gasteiger partial charge in [-0.15, -0.1) is 0 Å². The van der Waals surface area contributed by atoms with Gasteiger partial charge in [0.1, 0.15) is 12.6 Å². The second kappa shape index (κ2) is 14.6. The molecule has 230 valence electrons. The smallest absolute Gasteiger partial charge is 0.264 e. The summed E-state index contributed by atoms with van der Waals surface area (Å²) in [6.07, 6.45) is 5.46. The first-order chi connectivity index (χ1) is 20.5. The first-order valence-electron chi connectivity index (χ1n) is 14.7. The molecule has 0 spiro atoms. The largest absolute Gasteiger partial charge is 0.352 e. The van der Waals surface area contributed by atoms with E-state index >= 15 is 0 Å². The fraction of sp³-hybridized carbons (Fsp3) is 0.394. The number of hydrogen-bond donors (Lipinski definition) is 1. The third-order valence-electron chi connectivity index (χ3n) is 8.06. The minimum Gasteiger partial charge on any atom is -0.352 e. The van der Waals surface area contributed by atoms with E-state index in [1.54, 1.807) is 36.4 Å². The molecule has 4 rings (SSSR count). The van der Waals surface area contributed by atoms with Gasteiger partial charge in [-0.1, -0.05) is 67.6 Å². The zero-order valence-electron chi connectivity index (χ0n) is 24.9. The summed E-state index contributed by atoms with van der Waals surface area (Å²) < 4.78 is 29.2. The quantitative estimate of drug-likeness (QED) is 0.242.